The van der Waals surface area contributed by atoms with Crippen LogP contribution in [0.2, 0.25) is 0 Å². The number of aliphatic hydroxyl groups is 2. The number of imide groups is 3. The van der Waals surface area contributed by atoms with Gasteiger partial charge in [0.15, 0.2) is 0 Å². The Kier molecular flexibility index (Phi) is 8.61. The molecule has 1 aromatic rings. The molecule has 11 heteroatoms. The van der Waals surface area contributed by atoms with Gasteiger partial charge in [-0.25, -0.2) is 4.79 Å². The fraction of sp³-hybridized carbons (Fsp3) is 0.615. The van der Waals surface area contributed by atoms with E-state index in [1.807, 2.05) is 0 Å². The third-order valence-corrected chi connectivity index (χ3v) is 6.26. The van der Waals surface area contributed by atoms with Crippen molar-refractivity contribution in [3.8, 4) is 5.75 Å². The van der Waals surface area contributed by atoms with Crippen molar-refractivity contribution in [1.29, 1.82) is 0 Å². The lowest BCUT2D eigenvalue weighted by Gasteiger charge is -2.36. The van der Waals surface area contributed by atoms with Crippen LogP contribution < -0.4 is 9.64 Å². The number of hydrogen-bond acceptors (Lipinski definition) is 9. The number of amides is 4. The van der Waals surface area contributed by atoms with E-state index < -0.39 is 34.5 Å². The average Bonchev–Trinajstić information content (AvgIpc) is 3.13. The van der Waals surface area contributed by atoms with Gasteiger partial charge in [-0.2, -0.15) is 4.90 Å². The highest BCUT2D eigenvalue weighted by molar-refractivity contribution is 6.15. The quantitative estimate of drug-likeness (QED) is 0.369. The summed E-state index contributed by atoms with van der Waals surface area (Å²) >= 11 is 0. The molecular formula is C26H36N2O9. The first-order chi connectivity index (χ1) is 17.3. The van der Waals surface area contributed by atoms with Crippen LogP contribution in [-0.4, -0.2) is 83.1 Å². The highest BCUT2D eigenvalue weighted by Gasteiger charge is 2.56. The number of aliphatic hydroxyl groups excluding tert-OH is 1. The van der Waals surface area contributed by atoms with Crippen LogP contribution in [-0.2, 0) is 23.9 Å². The SMILES string of the molecule is CC(O)(CCO)COCCOc1ccc(N2CC3(CCC(=O)N(C(=O)OC(C)(C)C)C3=O)CC2=O)cc1. The summed E-state index contributed by atoms with van der Waals surface area (Å²) in [5.74, 6) is -1.06. The third-order valence-electron chi connectivity index (χ3n) is 6.26. The smallest absolute Gasteiger partial charge is 0.424 e. The molecule has 0 aliphatic carbocycles. The van der Waals surface area contributed by atoms with Crippen molar-refractivity contribution >= 4 is 29.5 Å². The molecule has 2 unspecified atom stereocenters. The number of rotatable bonds is 9. The predicted molar refractivity (Wildman–Crippen MR) is 132 cm³/mol. The molecule has 2 fully saturated rings. The first-order valence-electron chi connectivity index (χ1n) is 12.3. The van der Waals surface area contributed by atoms with Crippen molar-refractivity contribution in [1.82, 2.24) is 4.90 Å². The van der Waals surface area contributed by atoms with Crippen LogP contribution in [0.5, 0.6) is 5.75 Å². The number of likely N-dealkylation sites (tertiary alicyclic amines) is 1. The standard InChI is InChI=1S/C26H36N2O9/c1-24(2,3)37-23(33)28-20(30)9-10-26(22(28)32)15-21(31)27(16-26)18-5-7-19(8-6-18)36-14-13-35-17-25(4,34)11-12-29/h5-8,29,34H,9-17H2,1-4H3. The summed E-state index contributed by atoms with van der Waals surface area (Å²) in [5.41, 5.74) is -2.59. The zero-order chi connectivity index (χ0) is 27.4. The fourth-order valence-electron chi connectivity index (χ4n) is 4.33. The van der Waals surface area contributed by atoms with Gasteiger partial charge in [0, 0.05) is 38.1 Å². The van der Waals surface area contributed by atoms with Crippen molar-refractivity contribution in [2.75, 3.05) is 37.9 Å². The minimum atomic E-state index is -1.17. The number of hydrogen-bond donors (Lipinski definition) is 2. The normalized spacial score (nSPS) is 21.9. The monoisotopic (exact) mass is 520 g/mol. The van der Waals surface area contributed by atoms with Crippen LogP contribution in [0, 0.1) is 5.41 Å². The van der Waals surface area contributed by atoms with Gasteiger partial charge < -0.3 is 29.3 Å². The zero-order valence-electron chi connectivity index (χ0n) is 21.8. The maximum absolute atomic E-state index is 13.3. The molecule has 2 heterocycles. The molecule has 4 amide bonds. The highest BCUT2D eigenvalue weighted by Crippen LogP contribution is 2.43. The Labute approximate surface area is 216 Å². The maximum Gasteiger partial charge on any atom is 0.424 e. The number of piperidine rings is 1. The molecule has 11 nitrogen and oxygen atoms in total. The number of anilines is 1. The lowest BCUT2D eigenvalue weighted by Crippen LogP contribution is -2.55. The number of benzene rings is 1. The number of carbonyl (C=O) groups is 4. The molecular weight excluding hydrogens is 484 g/mol. The molecule has 1 spiro atoms. The second-order valence-electron chi connectivity index (χ2n) is 10.8. The summed E-state index contributed by atoms with van der Waals surface area (Å²) in [4.78, 5) is 53.2. The molecule has 2 N–H and O–H groups in total. The summed E-state index contributed by atoms with van der Waals surface area (Å²) in [6.07, 6.45) is -0.759. The minimum absolute atomic E-state index is 0.0314. The van der Waals surface area contributed by atoms with Gasteiger partial charge in [-0.1, -0.05) is 0 Å². The third kappa shape index (κ3) is 7.06. The van der Waals surface area contributed by atoms with Crippen LogP contribution in [0.1, 0.15) is 53.4 Å². The van der Waals surface area contributed by atoms with Crippen molar-refractivity contribution in [2.45, 2.75) is 64.6 Å². The molecule has 2 saturated heterocycles. The minimum Gasteiger partial charge on any atom is -0.491 e. The van der Waals surface area contributed by atoms with Gasteiger partial charge in [0.2, 0.25) is 17.7 Å². The van der Waals surface area contributed by atoms with Crippen LogP contribution in [0.15, 0.2) is 24.3 Å². The summed E-state index contributed by atoms with van der Waals surface area (Å²) in [6, 6.07) is 6.77. The molecule has 0 radical (unpaired) electrons. The second-order valence-corrected chi connectivity index (χ2v) is 10.8. The number of ether oxygens (including phenoxy) is 3. The molecule has 3 rings (SSSR count). The van der Waals surface area contributed by atoms with E-state index in [1.165, 1.54) is 4.90 Å². The van der Waals surface area contributed by atoms with E-state index in [0.717, 1.165) is 0 Å². The summed E-state index contributed by atoms with van der Waals surface area (Å²) in [6.45, 7) is 6.99. The Morgan fingerprint density at radius 1 is 1.05 bits per heavy atom. The van der Waals surface area contributed by atoms with E-state index in [0.29, 0.717) is 16.3 Å². The Balaban J connectivity index is 1.59. The summed E-state index contributed by atoms with van der Waals surface area (Å²) < 4.78 is 16.3. The van der Waals surface area contributed by atoms with E-state index in [1.54, 1.807) is 52.0 Å². The molecule has 0 aromatic heterocycles. The van der Waals surface area contributed by atoms with E-state index in [4.69, 9.17) is 19.3 Å². The van der Waals surface area contributed by atoms with Crippen LogP contribution >= 0.6 is 0 Å². The summed E-state index contributed by atoms with van der Waals surface area (Å²) in [5, 5.41) is 18.9. The Hall–Kier alpha value is -3.02. The van der Waals surface area contributed by atoms with Gasteiger partial charge in [0.05, 0.1) is 24.2 Å². The Morgan fingerprint density at radius 2 is 1.73 bits per heavy atom. The first kappa shape index (κ1) is 28.5. The lowest BCUT2D eigenvalue weighted by atomic mass is 9.78. The zero-order valence-corrected chi connectivity index (χ0v) is 21.8. The maximum atomic E-state index is 13.3. The Bertz CT molecular complexity index is 1020. The first-order valence-corrected chi connectivity index (χ1v) is 12.3. The van der Waals surface area contributed by atoms with E-state index in [2.05, 4.69) is 0 Å². The van der Waals surface area contributed by atoms with Crippen molar-refractivity contribution in [2.24, 2.45) is 5.41 Å². The number of carbonyl (C=O) groups excluding carboxylic acids is 4. The van der Waals surface area contributed by atoms with Gasteiger partial charge in [0.25, 0.3) is 0 Å². The molecule has 37 heavy (non-hydrogen) atoms. The molecule has 0 bridgehead atoms. The van der Waals surface area contributed by atoms with Gasteiger partial charge in [0.1, 0.15) is 18.0 Å². The van der Waals surface area contributed by atoms with Crippen molar-refractivity contribution < 1.29 is 43.6 Å². The molecule has 204 valence electrons. The highest BCUT2D eigenvalue weighted by atomic mass is 16.6. The van der Waals surface area contributed by atoms with Crippen LogP contribution in [0.4, 0.5) is 10.5 Å². The summed E-state index contributed by atoms with van der Waals surface area (Å²) in [7, 11) is 0. The van der Waals surface area contributed by atoms with Gasteiger partial charge in [-0.05, 0) is 58.4 Å². The van der Waals surface area contributed by atoms with E-state index in [-0.39, 0.29) is 64.6 Å². The molecule has 2 atom stereocenters. The molecule has 2 aliphatic heterocycles. The fourth-order valence-corrected chi connectivity index (χ4v) is 4.33. The van der Waals surface area contributed by atoms with Crippen molar-refractivity contribution in [3.63, 3.8) is 0 Å². The van der Waals surface area contributed by atoms with Gasteiger partial charge >= 0.3 is 6.09 Å². The van der Waals surface area contributed by atoms with Crippen molar-refractivity contribution in [3.05, 3.63) is 24.3 Å². The largest absolute Gasteiger partial charge is 0.491 e. The van der Waals surface area contributed by atoms with Crippen LogP contribution in [0.3, 0.4) is 0 Å². The van der Waals surface area contributed by atoms with Gasteiger partial charge in [-0.15, -0.1) is 0 Å². The molecule has 2 aliphatic rings. The molecule has 1 aromatic carbocycles. The topological polar surface area (TPSA) is 143 Å². The van der Waals surface area contributed by atoms with E-state index >= 15 is 0 Å². The molecule has 0 saturated carbocycles. The average molecular weight is 521 g/mol. The Morgan fingerprint density at radius 3 is 2.35 bits per heavy atom. The van der Waals surface area contributed by atoms with E-state index in [9.17, 15) is 24.3 Å². The van der Waals surface area contributed by atoms with Gasteiger partial charge in [-0.3, -0.25) is 14.4 Å². The predicted octanol–water partition coefficient (Wildman–Crippen LogP) is 2.02. The van der Waals surface area contributed by atoms with Crippen LogP contribution in [0.25, 0.3) is 0 Å². The number of nitrogens with zero attached hydrogens (tertiary/aromatic N) is 2. The second kappa shape index (κ2) is 11.2. The lowest BCUT2D eigenvalue weighted by molar-refractivity contribution is -0.155.